The third-order valence-corrected chi connectivity index (χ3v) is 4.90. The molecule has 1 aliphatic rings. The van der Waals surface area contributed by atoms with Gasteiger partial charge in [-0.1, -0.05) is 11.6 Å². The Kier molecular flexibility index (Phi) is 5.65. The van der Waals surface area contributed by atoms with Crippen LogP contribution in [-0.4, -0.2) is 48.9 Å². The van der Waals surface area contributed by atoms with Gasteiger partial charge >= 0.3 is 12.1 Å². The molecule has 0 fully saturated rings. The Balaban J connectivity index is 2.15. The van der Waals surface area contributed by atoms with E-state index in [2.05, 4.69) is 0 Å². The number of halogens is 1. The second kappa shape index (κ2) is 7.19. The highest BCUT2D eigenvalue weighted by Crippen LogP contribution is 2.42. The predicted molar refractivity (Wildman–Crippen MR) is 92.3 cm³/mol. The van der Waals surface area contributed by atoms with Crippen molar-refractivity contribution >= 4 is 35.0 Å². The minimum atomic E-state index is -0.566. The molecule has 0 bridgehead atoms. The lowest BCUT2D eigenvalue weighted by Gasteiger charge is -2.33. The molecule has 6 nitrogen and oxygen atoms in total. The zero-order valence-electron chi connectivity index (χ0n) is 14.5. The molecule has 1 atom stereocenters. The van der Waals surface area contributed by atoms with Crippen molar-refractivity contribution in [3.8, 4) is 5.75 Å². The normalized spacial score (nSPS) is 16.8. The van der Waals surface area contributed by atoms with Crippen molar-refractivity contribution < 1.29 is 23.8 Å². The number of carbonyl (C=O) groups excluding carboxylic acids is 2. The van der Waals surface area contributed by atoms with Gasteiger partial charge in [0.05, 0.1) is 12.6 Å². The average molecular weight is 376 g/mol. The Bertz CT molecular complexity index is 637. The molecule has 0 saturated carbocycles. The van der Waals surface area contributed by atoms with Crippen molar-refractivity contribution in [2.45, 2.75) is 45.8 Å². The van der Waals surface area contributed by atoms with Crippen molar-refractivity contribution in [1.82, 2.24) is 4.90 Å². The van der Waals surface area contributed by atoms with E-state index in [9.17, 15) is 9.59 Å². The fourth-order valence-corrected chi connectivity index (χ4v) is 3.58. The summed E-state index contributed by atoms with van der Waals surface area (Å²) in [4.78, 5) is 26.0. The molecule has 0 aromatic carbocycles. The number of rotatable bonds is 3. The zero-order chi connectivity index (χ0) is 18.1. The Labute approximate surface area is 150 Å². The third kappa shape index (κ3) is 4.13. The Morgan fingerprint density at radius 1 is 1.42 bits per heavy atom. The molecule has 24 heavy (non-hydrogen) atoms. The first-order chi connectivity index (χ1) is 11.1. The van der Waals surface area contributed by atoms with E-state index in [1.54, 1.807) is 14.0 Å². The van der Waals surface area contributed by atoms with Crippen LogP contribution in [0.1, 0.15) is 42.9 Å². The molecular formula is C16H22ClNO5S. The summed E-state index contributed by atoms with van der Waals surface area (Å²) in [6, 6.07) is -0.213. The summed E-state index contributed by atoms with van der Waals surface area (Å²) in [5.41, 5.74) is 0.166. The first kappa shape index (κ1) is 18.9. The smallest absolute Gasteiger partial charge is 0.410 e. The highest BCUT2D eigenvalue weighted by Gasteiger charge is 2.34. The fraction of sp³-hybridized carbons (Fsp3) is 0.625. The molecule has 0 spiro atoms. The Hall–Kier alpha value is -1.47. The van der Waals surface area contributed by atoms with Crippen molar-refractivity contribution in [3.05, 3.63) is 14.8 Å². The van der Waals surface area contributed by atoms with Crippen LogP contribution >= 0.6 is 22.9 Å². The van der Waals surface area contributed by atoms with Crippen LogP contribution in [0.4, 0.5) is 4.79 Å². The molecule has 1 unspecified atom stereocenters. The molecule has 1 aliphatic heterocycles. The van der Waals surface area contributed by atoms with E-state index in [1.807, 2.05) is 20.8 Å². The lowest BCUT2D eigenvalue weighted by Crippen LogP contribution is -2.46. The number of amides is 1. The van der Waals surface area contributed by atoms with Crippen LogP contribution in [0.25, 0.3) is 0 Å². The molecular weight excluding hydrogens is 354 g/mol. The number of hydrogen-bond donors (Lipinski definition) is 0. The molecule has 0 N–H and O–H groups in total. The van der Waals surface area contributed by atoms with E-state index in [-0.39, 0.29) is 19.3 Å². The van der Waals surface area contributed by atoms with E-state index >= 15 is 0 Å². The van der Waals surface area contributed by atoms with Gasteiger partial charge in [-0.2, -0.15) is 0 Å². The number of likely N-dealkylation sites (N-methyl/N-ethyl adjacent to an activating group) is 1. The van der Waals surface area contributed by atoms with Crippen LogP contribution in [0.3, 0.4) is 0 Å². The number of hydrogen-bond acceptors (Lipinski definition) is 6. The van der Waals surface area contributed by atoms with Crippen molar-refractivity contribution in [2.24, 2.45) is 0 Å². The number of ether oxygens (including phenoxy) is 3. The summed E-state index contributed by atoms with van der Waals surface area (Å²) >= 11 is 7.40. The molecule has 1 aromatic rings. The van der Waals surface area contributed by atoms with Gasteiger partial charge in [0.15, 0.2) is 4.88 Å². The molecule has 0 radical (unpaired) electrons. The maximum absolute atomic E-state index is 12.2. The molecule has 2 heterocycles. The quantitative estimate of drug-likeness (QED) is 0.753. The Morgan fingerprint density at radius 3 is 2.67 bits per heavy atom. The SMILES string of the molecule is CCOC(=O)c1sc(Cl)c2c1OCC(N(C)C(=O)OC(C)(C)C)C2. The average Bonchev–Trinajstić information content (AvgIpc) is 2.82. The highest BCUT2D eigenvalue weighted by molar-refractivity contribution is 7.18. The van der Waals surface area contributed by atoms with Crippen molar-refractivity contribution in [1.29, 1.82) is 0 Å². The van der Waals surface area contributed by atoms with Gasteiger partial charge in [-0.25, -0.2) is 9.59 Å². The van der Waals surface area contributed by atoms with Crippen molar-refractivity contribution in [3.63, 3.8) is 0 Å². The van der Waals surface area contributed by atoms with Crippen LogP contribution in [0.5, 0.6) is 5.75 Å². The fourth-order valence-electron chi connectivity index (χ4n) is 2.29. The minimum Gasteiger partial charge on any atom is -0.489 e. The molecule has 0 saturated heterocycles. The molecule has 8 heteroatoms. The van der Waals surface area contributed by atoms with Gasteiger partial charge in [0.1, 0.15) is 22.3 Å². The maximum Gasteiger partial charge on any atom is 0.410 e. The van der Waals surface area contributed by atoms with Crippen LogP contribution in [0, 0.1) is 0 Å². The first-order valence-corrected chi connectivity index (χ1v) is 8.90. The lowest BCUT2D eigenvalue weighted by atomic mass is 10.0. The maximum atomic E-state index is 12.2. The van der Waals surface area contributed by atoms with Gasteiger partial charge in [-0.3, -0.25) is 0 Å². The van der Waals surface area contributed by atoms with E-state index in [0.29, 0.717) is 21.4 Å². The molecule has 2 rings (SSSR count). The van der Waals surface area contributed by atoms with E-state index in [4.69, 9.17) is 25.8 Å². The van der Waals surface area contributed by atoms with Crippen LogP contribution in [0.2, 0.25) is 4.34 Å². The molecule has 1 aromatic heterocycles. The number of esters is 1. The summed E-state index contributed by atoms with van der Waals surface area (Å²) < 4.78 is 16.6. The van der Waals surface area contributed by atoms with E-state index in [0.717, 1.165) is 16.9 Å². The predicted octanol–water partition coefficient (Wildman–Crippen LogP) is 3.75. The van der Waals surface area contributed by atoms with Gasteiger partial charge in [-0.05, 0) is 27.7 Å². The van der Waals surface area contributed by atoms with Gasteiger partial charge in [0.2, 0.25) is 0 Å². The van der Waals surface area contributed by atoms with Crippen LogP contribution in [-0.2, 0) is 15.9 Å². The summed E-state index contributed by atoms with van der Waals surface area (Å²) in [6.07, 6.45) is 0.0799. The minimum absolute atomic E-state index is 0.213. The summed E-state index contributed by atoms with van der Waals surface area (Å²) in [6.45, 7) is 7.74. The number of nitrogens with zero attached hydrogens (tertiary/aromatic N) is 1. The Morgan fingerprint density at radius 2 is 2.08 bits per heavy atom. The van der Waals surface area contributed by atoms with Gasteiger partial charge in [-0.15, -0.1) is 11.3 Å². The van der Waals surface area contributed by atoms with Crippen LogP contribution < -0.4 is 4.74 Å². The monoisotopic (exact) mass is 375 g/mol. The summed E-state index contributed by atoms with van der Waals surface area (Å²) in [7, 11) is 1.67. The number of fused-ring (bicyclic) bond motifs is 1. The molecule has 1 amide bonds. The van der Waals surface area contributed by atoms with Crippen LogP contribution in [0.15, 0.2) is 0 Å². The number of thiophene rings is 1. The summed E-state index contributed by atoms with van der Waals surface area (Å²) in [5, 5.41) is 0. The second-order valence-corrected chi connectivity index (χ2v) is 8.12. The van der Waals surface area contributed by atoms with E-state index in [1.165, 1.54) is 4.90 Å². The number of carbonyl (C=O) groups is 2. The zero-order valence-corrected chi connectivity index (χ0v) is 16.0. The largest absolute Gasteiger partial charge is 0.489 e. The second-order valence-electron chi connectivity index (χ2n) is 6.49. The highest BCUT2D eigenvalue weighted by atomic mass is 35.5. The van der Waals surface area contributed by atoms with Gasteiger partial charge < -0.3 is 19.1 Å². The lowest BCUT2D eigenvalue weighted by molar-refractivity contribution is 0.0157. The topological polar surface area (TPSA) is 65.1 Å². The summed E-state index contributed by atoms with van der Waals surface area (Å²) in [5.74, 6) is 0.0295. The molecule has 134 valence electrons. The third-order valence-electron chi connectivity index (χ3n) is 3.46. The van der Waals surface area contributed by atoms with E-state index < -0.39 is 17.7 Å². The van der Waals surface area contributed by atoms with Crippen molar-refractivity contribution in [2.75, 3.05) is 20.3 Å². The standard InChI is InChI=1S/C16H22ClNO5S/c1-6-21-14(19)12-11-10(13(17)24-12)7-9(8-22-11)18(5)15(20)23-16(2,3)4/h9H,6-8H2,1-5H3. The first-order valence-electron chi connectivity index (χ1n) is 7.71. The molecule has 0 aliphatic carbocycles. The van der Waals surface area contributed by atoms with Gasteiger partial charge in [0, 0.05) is 19.0 Å². The van der Waals surface area contributed by atoms with Gasteiger partial charge in [0.25, 0.3) is 0 Å².